The first-order chi connectivity index (χ1) is 18.4. The highest BCUT2D eigenvalue weighted by Gasteiger charge is 2.21. The van der Waals surface area contributed by atoms with Gasteiger partial charge in [0.1, 0.15) is 6.61 Å². The van der Waals surface area contributed by atoms with Crippen LogP contribution in [0.25, 0.3) is 0 Å². The summed E-state index contributed by atoms with van der Waals surface area (Å²) in [6, 6.07) is 9.56. The zero-order valence-corrected chi connectivity index (χ0v) is 22.8. The Morgan fingerprint density at radius 2 is 1.11 bits per heavy atom. The van der Waals surface area contributed by atoms with Crippen LogP contribution in [0.2, 0.25) is 0 Å². The molecular formula is C26H42N4O8. The lowest BCUT2D eigenvalue weighted by atomic mass is 10.2. The van der Waals surface area contributed by atoms with E-state index in [9.17, 15) is 14.4 Å². The molecule has 0 N–H and O–H groups in total. The molecule has 1 aliphatic heterocycles. The average Bonchev–Trinajstić information content (AvgIpc) is 2.93. The second kappa shape index (κ2) is 18.6. The molecule has 214 valence electrons. The highest BCUT2D eigenvalue weighted by molar-refractivity contribution is 5.72. The van der Waals surface area contributed by atoms with Crippen LogP contribution in [0.5, 0.6) is 0 Å². The van der Waals surface area contributed by atoms with E-state index in [2.05, 4.69) is 4.90 Å². The van der Waals surface area contributed by atoms with Crippen molar-refractivity contribution in [2.24, 2.45) is 0 Å². The van der Waals surface area contributed by atoms with E-state index < -0.39 is 0 Å². The molecule has 0 amide bonds. The summed E-state index contributed by atoms with van der Waals surface area (Å²) in [5.74, 6) is -0.959. The van der Waals surface area contributed by atoms with Crippen LogP contribution in [0.3, 0.4) is 0 Å². The molecule has 1 fully saturated rings. The van der Waals surface area contributed by atoms with E-state index in [1.807, 2.05) is 45.0 Å². The van der Waals surface area contributed by atoms with Gasteiger partial charge in [-0.2, -0.15) is 0 Å². The van der Waals surface area contributed by atoms with E-state index in [1.54, 1.807) is 0 Å². The highest BCUT2D eigenvalue weighted by Crippen LogP contribution is 2.04. The largest absolute Gasteiger partial charge is 0.468 e. The standard InChI is InChI=1S/C26H42N4O8/c1-34-24(31)19-28-11-9-27(17-18-38-36-3)10-12-30(16-15-29(14-13-28)20-25(32)35-2)21-26(33)37-22-23-7-5-4-6-8-23/h4-8H,9-22H2,1-3H3. The predicted octanol–water partition coefficient (Wildman–Crippen LogP) is -0.125. The summed E-state index contributed by atoms with van der Waals surface area (Å²) < 4.78 is 15.3. The van der Waals surface area contributed by atoms with Gasteiger partial charge in [-0.15, -0.1) is 0 Å². The van der Waals surface area contributed by atoms with E-state index in [-0.39, 0.29) is 44.1 Å². The Hall–Kier alpha value is -2.61. The van der Waals surface area contributed by atoms with Gasteiger partial charge in [0.05, 0.1) is 47.6 Å². The van der Waals surface area contributed by atoms with Crippen molar-refractivity contribution in [3.63, 3.8) is 0 Å². The summed E-state index contributed by atoms with van der Waals surface area (Å²) in [6.45, 7) is 6.42. The lowest BCUT2D eigenvalue weighted by molar-refractivity contribution is -0.273. The fourth-order valence-corrected chi connectivity index (χ4v) is 3.99. The van der Waals surface area contributed by atoms with Gasteiger partial charge in [0.2, 0.25) is 0 Å². The Labute approximate surface area is 225 Å². The number of rotatable bonds is 12. The van der Waals surface area contributed by atoms with E-state index in [0.717, 1.165) is 5.56 Å². The Morgan fingerprint density at radius 3 is 1.55 bits per heavy atom. The Kier molecular flexibility index (Phi) is 15.5. The first-order valence-electron chi connectivity index (χ1n) is 12.8. The molecule has 12 heteroatoms. The van der Waals surface area contributed by atoms with Gasteiger partial charge in [0, 0.05) is 58.9 Å². The van der Waals surface area contributed by atoms with Gasteiger partial charge in [-0.05, 0) is 5.56 Å². The third-order valence-electron chi connectivity index (χ3n) is 6.29. The van der Waals surface area contributed by atoms with Gasteiger partial charge in [0.25, 0.3) is 0 Å². The van der Waals surface area contributed by atoms with E-state index in [4.69, 9.17) is 24.0 Å². The number of esters is 3. The predicted molar refractivity (Wildman–Crippen MR) is 139 cm³/mol. The minimum atomic E-state index is -0.338. The van der Waals surface area contributed by atoms with Gasteiger partial charge >= 0.3 is 17.9 Å². The third-order valence-corrected chi connectivity index (χ3v) is 6.29. The molecule has 0 bridgehead atoms. The second-order valence-electron chi connectivity index (χ2n) is 8.96. The zero-order chi connectivity index (χ0) is 27.6. The molecular weight excluding hydrogens is 496 g/mol. The maximum atomic E-state index is 12.7. The quantitative estimate of drug-likeness (QED) is 0.116. The molecule has 2 rings (SSSR count). The molecule has 1 aliphatic rings. The number of nitrogens with zero attached hydrogens (tertiary/aromatic N) is 4. The number of ether oxygens (including phenoxy) is 3. The second-order valence-corrected chi connectivity index (χ2v) is 8.96. The van der Waals surface area contributed by atoms with Crippen molar-refractivity contribution in [2.75, 3.05) is 106 Å². The zero-order valence-electron chi connectivity index (χ0n) is 22.8. The van der Waals surface area contributed by atoms with Crippen molar-refractivity contribution in [2.45, 2.75) is 6.61 Å². The number of hydrogen-bond acceptors (Lipinski definition) is 12. The van der Waals surface area contributed by atoms with Crippen LogP contribution in [-0.4, -0.2) is 144 Å². The first kappa shape index (κ1) is 31.6. The van der Waals surface area contributed by atoms with Gasteiger partial charge in [-0.1, -0.05) is 30.3 Å². The van der Waals surface area contributed by atoms with Crippen molar-refractivity contribution in [3.8, 4) is 0 Å². The fraction of sp³-hybridized carbons (Fsp3) is 0.654. The summed E-state index contributed by atoms with van der Waals surface area (Å²) in [5.41, 5.74) is 0.930. The summed E-state index contributed by atoms with van der Waals surface area (Å²) in [7, 11) is 4.20. The summed E-state index contributed by atoms with van der Waals surface area (Å²) in [5, 5.41) is 0. The van der Waals surface area contributed by atoms with Gasteiger partial charge in [-0.25, -0.2) is 9.78 Å². The van der Waals surface area contributed by atoms with Gasteiger partial charge in [-0.3, -0.25) is 34.0 Å². The summed E-state index contributed by atoms with van der Waals surface area (Å²) >= 11 is 0. The number of benzene rings is 1. The van der Waals surface area contributed by atoms with E-state index in [1.165, 1.54) is 21.3 Å². The topological polar surface area (TPSA) is 110 Å². The molecule has 1 heterocycles. The smallest absolute Gasteiger partial charge is 0.320 e. The molecule has 0 aliphatic carbocycles. The van der Waals surface area contributed by atoms with E-state index in [0.29, 0.717) is 65.5 Å². The third kappa shape index (κ3) is 13.3. The van der Waals surface area contributed by atoms with Crippen molar-refractivity contribution >= 4 is 17.9 Å². The number of hydrogen-bond donors (Lipinski definition) is 0. The number of methoxy groups -OCH3 is 2. The van der Waals surface area contributed by atoms with Crippen LogP contribution in [0.15, 0.2) is 30.3 Å². The van der Waals surface area contributed by atoms with Crippen LogP contribution in [0.4, 0.5) is 0 Å². The van der Waals surface area contributed by atoms with Crippen molar-refractivity contribution < 1.29 is 38.4 Å². The molecule has 12 nitrogen and oxygen atoms in total. The van der Waals surface area contributed by atoms with Crippen molar-refractivity contribution in [3.05, 3.63) is 35.9 Å². The van der Waals surface area contributed by atoms with Crippen molar-refractivity contribution in [1.82, 2.24) is 19.6 Å². The molecule has 0 unspecified atom stereocenters. The lowest BCUT2D eigenvalue weighted by Gasteiger charge is -2.33. The minimum absolute atomic E-state index is 0.120. The molecule has 0 aromatic heterocycles. The molecule has 1 saturated heterocycles. The highest BCUT2D eigenvalue weighted by atomic mass is 17.2. The number of carbonyl (C=O) groups is 3. The molecule has 0 spiro atoms. The Balaban J connectivity index is 2.08. The molecule has 0 atom stereocenters. The first-order valence-corrected chi connectivity index (χ1v) is 12.8. The number of carbonyl (C=O) groups excluding carboxylic acids is 3. The summed E-state index contributed by atoms with van der Waals surface area (Å²) in [4.78, 5) is 54.8. The fourth-order valence-electron chi connectivity index (χ4n) is 3.99. The maximum absolute atomic E-state index is 12.7. The maximum Gasteiger partial charge on any atom is 0.320 e. The van der Waals surface area contributed by atoms with Crippen LogP contribution in [0, 0.1) is 0 Å². The molecule has 0 radical (unpaired) electrons. The normalized spacial score (nSPS) is 17.2. The summed E-state index contributed by atoms with van der Waals surface area (Å²) in [6.07, 6.45) is 0. The lowest BCUT2D eigenvalue weighted by Crippen LogP contribution is -2.49. The Morgan fingerprint density at radius 1 is 0.658 bits per heavy atom. The average molecular weight is 539 g/mol. The van der Waals surface area contributed by atoms with Crippen molar-refractivity contribution in [1.29, 1.82) is 0 Å². The van der Waals surface area contributed by atoms with Gasteiger partial charge < -0.3 is 14.2 Å². The monoisotopic (exact) mass is 538 g/mol. The van der Waals surface area contributed by atoms with Crippen LogP contribution in [0.1, 0.15) is 5.56 Å². The molecule has 38 heavy (non-hydrogen) atoms. The van der Waals surface area contributed by atoms with Crippen LogP contribution in [-0.2, 0) is 45.0 Å². The van der Waals surface area contributed by atoms with Crippen LogP contribution >= 0.6 is 0 Å². The molecule has 1 aromatic rings. The van der Waals surface area contributed by atoms with Gasteiger partial charge in [0.15, 0.2) is 0 Å². The van der Waals surface area contributed by atoms with Crippen LogP contribution < -0.4 is 0 Å². The molecule has 0 saturated carbocycles. The Bertz CT molecular complexity index is 829. The molecule has 1 aromatic carbocycles. The van der Waals surface area contributed by atoms with E-state index >= 15 is 0 Å². The minimum Gasteiger partial charge on any atom is -0.468 e. The SMILES string of the molecule is COOCCN1CCN(CC(=O)OC)CCN(CC(=O)OC)CCN(CC(=O)OCc2ccccc2)CC1.